The maximum absolute atomic E-state index is 11.4. The fraction of sp³-hybridized carbons (Fsp3) is 0.125. The summed E-state index contributed by atoms with van der Waals surface area (Å²) in [6, 6.07) is 10.4. The molecule has 0 amide bonds. The molecule has 4 nitrogen and oxygen atoms in total. The van der Waals surface area contributed by atoms with Crippen molar-refractivity contribution in [3.63, 3.8) is 0 Å². The van der Waals surface area contributed by atoms with Gasteiger partial charge < -0.3 is 5.73 Å². The number of anilines is 1. The molecule has 0 fully saturated rings. The van der Waals surface area contributed by atoms with Crippen LogP contribution in [0.1, 0.15) is 22.3 Å². The predicted octanol–water partition coefficient (Wildman–Crippen LogP) is 3.30. The van der Waals surface area contributed by atoms with E-state index in [9.17, 15) is 13.0 Å². The molecule has 2 aromatic carbocycles. The summed E-state index contributed by atoms with van der Waals surface area (Å²) in [4.78, 5) is -0.191. The van der Waals surface area contributed by atoms with Crippen LogP contribution in [0.15, 0.2) is 41.3 Å². The lowest BCUT2D eigenvalue weighted by molar-refractivity contribution is 0.483. The molecule has 0 saturated heterocycles. The van der Waals surface area contributed by atoms with Gasteiger partial charge in [0.1, 0.15) is 4.90 Å². The van der Waals surface area contributed by atoms with E-state index >= 15 is 0 Å². The molecule has 0 aliphatic rings. The zero-order valence-corrected chi connectivity index (χ0v) is 12.7. The van der Waals surface area contributed by atoms with E-state index in [2.05, 4.69) is 0 Å². The molecular weight excluding hydrogens is 286 g/mol. The van der Waals surface area contributed by atoms with Crippen LogP contribution in [0, 0.1) is 13.8 Å². The molecule has 2 aromatic rings. The van der Waals surface area contributed by atoms with Gasteiger partial charge in [0.25, 0.3) is 10.1 Å². The predicted molar refractivity (Wildman–Crippen MR) is 85.5 cm³/mol. The number of hydrogen-bond acceptors (Lipinski definition) is 3. The summed E-state index contributed by atoms with van der Waals surface area (Å²) >= 11 is 0. The molecule has 0 unspecified atom stereocenters. The van der Waals surface area contributed by atoms with Gasteiger partial charge in [0, 0.05) is 5.69 Å². The van der Waals surface area contributed by atoms with Crippen molar-refractivity contribution in [3.8, 4) is 0 Å². The SMILES string of the molecule is Cc1ccc(C=Cc2ccc(N)cc2S(=O)(=O)O)c(C)c1. The van der Waals surface area contributed by atoms with E-state index in [1.807, 2.05) is 38.1 Å². The Labute approximate surface area is 124 Å². The van der Waals surface area contributed by atoms with Crippen molar-refractivity contribution in [2.24, 2.45) is 0 Å². The Kier molecular flexibility index (Phi) is 4.16. The van der Waals surface area contributed by atoms with E-state index in [1.54, 1.807) is 18.2 Å². The maximum atomic E-state index is 11.4. The van der Waals surface area contributed by atoms with Crippen LogP contribution in [0.3, 0.4) is 0 Å². The first-order valence-corrected chi connectivity index (χ1v) is 7.84. The number of aryl methyl sites for hydroxylation is 2. The Morgan fingerprint density at radius 1 is 1.00 bits per heavy atom. The molecule has 2 rings (SSSR count). The molecule has 0 aliphatic carbocycles. The Morgan fingerprint density at radius 3 is 2.24 bits per heavy atom. The molecule has 21 heavy (non-hydrogen) atoms. The van der Waals surface area contributed by atoms with Gasteiger partial charge in [-0.3, -0.25) is 4.55 Å². The Bertz CT molecular complexity index is 808. The highest BCUT2D eigenvalue weighted by molar-refractivity contribution is 7.86. The van der Waals surface area contributed by atoms with Crippen LogP contribution in [0.5, 0.6) is 0 Å². The third-order valence-corrected chi connectivity index (χ3v) is 4.09. The number of nitrogens with two attached hydrogens (primary N) is 1. The zero-order chi connectivity index (χ0) is 15.6. The first-order valence-electron chi connectivity index (χ1n) is 6.40. The third-order valence-electron chi connectivity index (χ3n) is 3.18. The minimum atomic E-state index is -4.31. The highest BCUT2D eigenvalue weighted by atomic mass is 32.2. The van der Waals surface area contributed by atoms with Crippen molar-refractivity contribution in [1.29, 1.82) is 0 Å². The summed E-state index contributed by atoms with van der Waals surface area (Å²) in [5, 5.41) is 0. The molecule has 0 atom stereocenters. The first kappa shape index (κ1) is 15.3. The van der Waals surface area contributed by atoms with E-state index < -0.39 is 10.1 Å². The van der Waals surface area contributed by atoms with Crippen molar-refractivity contribution in [2.45, 2.75) is 18.7 Å². The van der Waals surface area contributed by atoms with E-state index in [0.717, 1.165) is 16.7 Å². The lowest BCUT2D eigenvalue weighted by Crippen LogP contribution is -2.02. The lowest BCUT2D eigenvalue weighted by atomic mass is 10.0. The molecule has 110 valence electrons. The van der Waals surface area contributed by atoms with Crippen LogP contribution in [-0.2, 0) is 10.1 Å². The van der Waals surface area contributed by atoms with E-state index in [-0.39, 0.29) is 10.6 Å². The largest absolute Gasteiger partial charge is 0.399 e. The van der Waals surface area contributed by atoms with Gasteiger partial charge in [-0.05, 0) is 42.7 Å². The average molecular weight is 303 g/mol. The summed E-state index contributed by atoms with van der Waals surface area (Å²) in [6.07, 6.45) is 3.47. The van der Waals surface area contributed by atoms with Crippen LogP contribution in [0.4, 0.5) is 5.69 Å². The van der Waals surface area contributed by atoms with E-state index in [0.29, 0.717) is 5.56 Å². The zero-order valence-electron chi connectivity index (χ0n) is 11.9. The summed E-state index contributed by atoms with van der Waals surface area (Å²) in [6.45, 7) is 4.00. The molecular formula is C16H17NO3S. The molecule has 0 heterocycles. The van der Waals surface area contributed by atoms with Gasteiger partial charge in [-0.2, -0.15) is 8.42 Å². The van der Waals surface area contributed by atoms with Crippen molar-refractivity contribution in [2.75, 3.05) is 5.73 Å². The molecule has 5 heteroatoms. The molecule has 3 N–H and O–H groups in total. The van der Waals surface area contributed by atoms with Gasteiger partial charge in [0.05, 0.1) is 0 Å². The average Bonchev–Trinajstić information content (AvgIpc) is 2.38. The van der Waals surface area contributed by atoms with Crippen molar-refractivity contribution in [3.05, 3.63) is 58.7 Å². The molecule has 0 bridgehead atoms. The third kappa shape index (κ3) is 3.71. The highest BCUT2D eigenvalue weighted by Crippen LogP contribution is 2.22. The van der Waals surface area contributed by atoms with Crippen LogP contribution in [0.2, 0.25) is 0 Å². The number of nitrogen functional groups attached to an aromatic ring is 1. The minimum absolute atomic E-state index is 0.191. The summed E-state index contributed by atoms with van der Waals surface area (Å²) in [5.41, 5.74) is 9.49. The fourth-order valence-electron chi connectivity index (χ4n) is 2.10. The van der Waals surface area contributed by atoms with Crippen LogP contribution in [-0.4, -0.2) is 13.0 Å². The van der Waals surface area contributed by atoms with Crippen molar-refractivity contribution in [1.82, 2.24) is 0 Å². The fourth-order valence-corrected chi connectivity index (χ4v) is 2.82. The monoisotopic (exact) mass is 303 g/mol. The highest BCUT2D eigenvalue weighted by Gasteiger charge is 2.14. The first-order chi connectivity index (χ1) is 9.77. The molecule has 0 radical (unpaired) electrons. The number of benzene rings is 2. The Hall–Kier alpha value is -2.11. The standard InChI is InChI=1S/C16H17NO3S/c1-11-3-4-13(12(2)9-11)5-6-14-7-8-15(17)10-16(14)21(18,19)20/h3-10H,17H2,1-2H3,(H,18,19,20). The number of hydrogen-bond donors (Lipinski definition) is 2. The van der Waals surface area contributed by atoms with Gasteiger partial charge in [-0.25, -0.2) is 0 Å². The van der Waals surface area contributed by atoms with Gasteiger partial charge in [-0.1, -0.05) is 42.0 Å². The summed E-state index contributed by atoms with van der Waals surface area (Å²) in [7, 11) is -4.31. The van der Waals surface area contributed by atoms with Gasteiger partial charge in [-0.15, -0.1) is 0 Å². The van der Waals surface area contributed by atoms with Gasteiger partial charge in [0.15, 0.2) is 0 Å². The summed E-state index contributed by atoms with van der Waals surface area (Å²) < 4.78 is 32.1. The van der Waals surface area contributed by atoms with Crippen molar-refractivity contribution >= 4 is 28.0 Å². The maximum Gasteiger partial charge on any atom is 0.295 e. The summed E-state index contributed by atoms with van der Waals surface area (Å²) in [5.74, 6) is 0. The molecule has 0 aromatic heterocycles. The quantitative estimate of drug-likeness (QED) is 0.518. The second-order valence-corrected chi connectivity index (χ2v) is 6.36. The second kappa shape index (κ2) is 5.71. The molecule has 0 spiro atoms. The van der Waals surface area contributed by atoms with Crippen LogP contribution >= 0.6 is 0 Å². The topological polar surface area (TPSA) is 80.4 Å². The number of rotatable bonds is 3. The Morgan fingerprint density at radius 2 is 1.62 bits per heavy atom. The second-order valence-electron chi connectivity index (χ2n) is 4.97. The molecule has 0 saturated carbocycles. The van der Waals surface area contributed by atoms with Gasteiger partial charge in [0.2, 0.25) is 0 Å². The smallest absolute Gasteiger partial charge is 0.295 e. The lowest BCUT2D eigenvalue weighted by Gasteiger charge is -2.05. The minimum Gasteiger partial charge on any atom is -0.399 e. The van der Waals surface area contributed by atoms with Crippen LogP contribution < -0.4 is 5.73 Å². The van der Waals surface area contributed by atoms with E-state index in [4.69, 9.17) is 5.73 Å². The Balaban J connectivity index is 2.46. The van der Waals surface area contributed by atoms with Gasteiger partial charge >= 0.3 is 0 Å². The normalized spacial score (nSPS) is 12.0. The molecule has 0 aliphatic heterocycles. The van der Waals surface area contributed by atoms with E-state index in [1.165, 1.54) is 6.07 Å². The van der Waals surface area contributed by atoms with Crippen molar-refractivity contribution < 1.29 is 13.0 Å². The van der Waals surface area contributed by atoms with Crippen LogP contribution in [0.25, 0.3) is 12.2 Å².